The third-order valence-corrected chi connectivity index (χ3v) is 16.7. The van der Waals surface area contributed by atoms with Gasteiger partial charge in [-0.3, -0.25) is 33.7 Å². The van der Waals surface area contributed by atoms with Crippen molar-refractivity contribution < 1.29 is 33.6 Å². The summed E-state index contributed by atoms with van der Waals surface area (Å²) in [5.74, 6) is 0.0562. The van der Waals surface area contributed by atoms with Crippen LogP contribution in [0.15, 0.2) is 78.5 Å². The van der Waals surface area contributed by atoms with Crippen LogP contribution in [0.1, 0.15) is 105 Å². The van der Waals surface area contributed by atoms with Gasteiger partial charge in [0.2, 0.25) is 5.91 Å². The van der Waals surface area contributed by atoms with Crippen molar-refractivity contribution in [2.45, 2.75) is 116 Å². The van der Waals surface area contributed by atoms with E-state index in [2.05, 4.69) is 74.4 Å². The van der Waals surface area contributed by atoms with Crippen LogP contribution >= 0.6 is 7.82 Å². The number of nitrogens with zero attached hydrogens (tertiary/aromatic N) is 9. The predicted octanol–water partition coefficient (Wildman–Crippen LogP) is 6.89. The van der Waals surface area contributed by atoms with Crippen LogP contribution in [0, 0.1) is 5.41 Å². The molecule has 10 rings (SSSR count). The van der Waals surface area contributed by atoms with Gasteiger partial charge in [0.05, 0.1) is 29.3 Å². The Morgan fingerprint density at radius 2 is 1.70 bits per heavy atom. The molecule has 3 fully saturated rings. The van der Waals surface area contributed by atoms with Crippen molar-refractivity contribution in [2.75, 3.05) is 64.6 Å². The van der Waals surface area contributed by atoms with Gasteiger partial charge in [-0.25, -0.2) is 14.5 Å². The Bertz CT molecular complexity index is 3100. The fraction of sp³-hybridized carbons (Fsp3) is 0.481. The first-order valence-corrected chi connectivity index (χ1v) is 27.3. The highest BCUT2D eigenvalue weighted by Gasteiger charge is 2.40. The SMILES string of the molecule is C=CC(=O)Nc1cc(Nc2nc(-c3ccnc(N4CCn5c(cc6c5CC(C)(C)C6)C4=O)c3CO)cn(C)c2=O)ccc1N1CCN(C2CCN(c3ccnc(C4CCC(C)(OP(=O)(O)O)CC4)c3)CC2)C[C@@H]1C. The molecule has 0 radical (unpaired) electrons. The van der Waals surface area contributed by atoms with Gasteiger partial charge in [0.15, 0.2) is 5.82 Å². The molecule has 2 amide bonds. The number of hydrogen-bond donors (Lipinski definition) is 5. The molecule has 5 aromatic rings. The number of amides is 2. The van der Waals surface area contributed by atoms with E-state index in [-0.39, 0.29) is 40.6 Å². The van der Waals surface area contributed by atoms with Crippen molar-refractivity contribution in [3.63, 3.8) is 0 Å². The summed E-state index contributed by atoms with van der Waals surface area (Å²) in [5, 5.41) is 17.1. The van der Waals surface area contributed by atoms with E-state index in [4.69, 9.17) is 14.5 Å². The minimum Gasteiger partial charge on any atom is -0.392 e. The first kappa shape index (κ1) is 51.3. The second kappa shape index (κ2) is 20.1. The molecule has 1 saturated carbocycles. The second-order valence-electron chi connectivity index (χ2n) is 21.9. The van der Waals surface area contributed by atoms with Crippen LogP contribution in [0.25, 0.3) is 11.3 Å². The van der Waals surface area contributed by atoms with Crippen molar-refractivity contribution >= 4 is 54.0 Å². The summed E-state index contributed by atoms with van der Waals surface area (Å²) in [4.78, 5) is 82.6. The summed E-state index contributed by atoms with van der Waals surface area (Å²) in [6.07, 6.45) is 12.8. The zero-order chi connectivity index (χ0) is 52.3. The molecule has 20 heteroatoms. The molecule has 1 aromatic carbocycles. The lowest BCUT2D eigenvalue weighted by molar-refractivity contribution is -0.111. The van der Waals surface area contributed by atoms with Crippen molar-refractivity contribution in [1.82, 2.24) is 29.0 Å². The Morgan fingerprint density at radius 1 is 0.946 bits per heavy atom. The molecular formula is C54H68N11O8P. The van der Waals surface area contributed by atoms with Crippen LogP contribution < -0.4 is 30.9 Å². The number of benzene rings is 1. The van der Waals surface area contributed by atoms with Gasteiger partial charge in [-0.05, 0) is 125 Å². The van der Waals surface area contributed by atoms with E-state index in [0.717, 1.165) is 88.3 Å². The minimum atomic E-state index is -4.57. The number of piperazine rings is 1. The maximum absolute atomic E-state index is 14.1. The number of aryl methyl sites for hydroxylation is 1. The van der Waals surface area contributed by atoms with Crippen LogP contribution in [-0.4, -0.2) is 113 Å². The Hall–Kier alpha value is -6.21. The molecule has 2 aliphatic carbocycles. The van der Waals surface area contributed by atoms with E-state index in [0.29, 0.717) is 71.7 Å². The Morgan fingerprint density at radius 3 is 2.42 bits per heavy atom. The van der Waals surface area contributed by atoms with Crippen molar-refractivity contribution in [3.8, 4) is 11.3 Å². The molecule has 2 saturated heterocycles. The summed E-state index contributed by atoms with van der Waals surface area (Å²) < 4.78 is 20.3. The standard InChI is InChI=1S/C54H68N11O8P/c1-7-48(67)58-43-27-37(57-49-52(69)60(6)32-44(59-49)40-13-19-56-50(41(40)33-66)65-25-24-64-46(51(65)68)26-36-29-53(3,4)30-47(36)64)8-9-45(43)63-23-22-62(31-34(63)2)38-14-20-61(21-15-38)39-12-18-55-42(28-39)35-10-16-54(5,17-11-35)73-74(70,71)72/h7-9,12-13,18-19,26-28,32,34-35,38,66H,1,10-11,14-17,20-25,29-31,33H2,2-6H3,(H,57,59)(H,58,67)(H2,70,71,72)/t34-,35?,54?/m0/s1. The lowest BCUT2D eigenvalue weighted by Crippen LogP contribution is -2.57. The van der Waals surface area contributed by atoms with Gasteiger partial charge >= 0.3 is 7.82 Å². The average molecular weight is 1030 g/mol. The molecule has 392 valence electrons. The van der Waals surface area contributed by atoms with Crippen molar-refractivity contribution in [2.24, 2.45) is 12.5 Å². The number of phosphoric acid groups is 1. The fourth-order valence-electron chi connectivity index (χ4n) is 12.2. The summed E-state index contributed by atoms with van der Waals surface area (Å²) in [6, 6.07) is 14.1. The number of aromatic nitrogens is 5. The third kappa shape index (κ3) is 10.4. The molecule has 1 atom stereocenters. The van der Waals surface area contributed by atoms with Gasteiger partial charge in [-0.2, -0.15) is 0 Å². The number of carbonyl (C=O) groups excluding carboxylic acids is 2. The van der Waals surface area contributed by atoms with Crippen LogP contribution in [0.2, 0.25) is 0 Å². The van der Waals surface area contributed by atoms with Gasteiger partial charge in [0.1, 0.15) is 11.5 Å². The van der Waals surface area contributed by atoms with Gasteiger partial charge in [0.25, 0.3) is 11.5 Å². The fourth-order valence-corrected chi connectivity index (χ4v) is 13.0. The van der Waals surface area contributed by atoms with E-state index < -0.39 is 20.0 Å². The summed E-state index contributed by atoms with van der Waals surface area (Å²) in [7, 11) is -2.93. The van der Waals surface area contributed by atoms with E-state index in [1.165, 1.54) is 21.9 Å². The Kier molecular flexibility index (Phi) is 14.0. The lowest BCUT2D eigenvalue weighted by atomic mass is 9.78. The molecule has 5 N–H and O–H groups in total. The number of nitrogens with one attached hydrogen (secondary N) is 2. The number of aliphatic hydroxyl groups excluding tert-OH is 1. The highest BCUT2D eigenvalue weighted by atomic mass is 31.2. The Balaban J connectivity index is 0.807. The first-order valence-electron chi connectivity index (χ1n) is 25.8. The van der Waals surface area contributed by atoms with Gasteiger partial charge in [-0.1, -0.05) is 20.4 Å². The molecule has 3 aliphatic heterocycles. The van der Waals surface area contributed by atoms with Gasteiger partial charge in [-0.15, -0.1) is 0 Å². The van der Waals surface area contributed by atoms with E-state index in [9.17, 15) is 33.8 Å². The number of fused-ring (bicyclic) bond motifs is 3. The second-order valence-corrected chi connectivity index (χ2v) is 23.1. The molecule has 4 aromatic heterocycles. The predicted molar refractivity (Wildman–Crippen MR) is 285 cm³/mol. The number of carbonyl (C=O) groups is 2. The zero-order valence-corrected chi connectivity index (χ0v) is 43.9. The van der Waals surface area contributed by atoms with Crippen molar-refractivity contribution in [3.05, 3.63) is 112 Å². The quantitative estimate of drug-likeness (QED) is 0.0598. The molecular weight excluding hydrogens is 962 g/mol. The summed E-state index contributed by atoms with van der Waals surface area (Å²) >= 11 is 0. The van der Waals surface area contributed by atoms with E-state index in [1.54, 1.807) is 43.4 Å². The zero-order valence-electron chi connectivity index (χ0n) is 43.0. The molecule has 7 heterocycles. The van der Waals surface area contributed by atoms with Crippen LogP contribution in [0.5, 0.6) is 0 Å². The number of anilines is 6. The number of aliphatic hydroxyl groups is 1. The van der Waals surface area contributed by atoms with Crippen LogP contribution in [-0.2, 0) is 46.9 Å². The maximum atomic E-state index is 14.1. The van der Waals surface area contributed by atoms with Gasteiger partial charge < -0.3 is 44.5 Å². The normalized spacial score (nSPS) is 22.4. The molecule has 5 aliphatic rings. The topological polar surface area (TPSA) is 224 Å². The number of hydrogen-bond acceptors (Lipinski definition) is 13. The number of rotatable bonds is 13. The van der Waals surface area contributed by atoms with Crippen LogP contribution in [0.3, 0.4) is 0 Å². The first-order chi connectivity index (χ1) is 35.3. The monoisotopic (exact) mass is 1030 g/mol. The highest BCUT2D eigenvalue weighted by Crippen LogP contribution is 2.49. The molecule has 0 spiro atoms. The smallest absolute Gasteiger partial charge is 0.392 e. The summed E-state index contributed by atoms with van der Waals surface area (Å²) in [6.45, 7) is 17.0. The molecule has 19 nitrogen and oxygen atoms in total. The average Bonchev–Trinajstić information content (AvgIpc) is 3.87. The van der Waals surface area contributed by atoms with Crippen molar-refractivity contribution in [1.29, 1.82) is 0 Å². The third-order valence-electron chi connectivity index (χ3n) is 16.0. The van der Waals surface area contributed by atoms with E-state index in [1.807, 2.05) is 24.4 Å². The van der Waals surface area contributed by atoms with Crippen LogP contribution in [0.4, 0.5) is 34.4 Å². The summed E-state index contributed by atoms with van der Waals surface area (Å²) in [5.41, 5.74) is 7.44. The maximum Gasteiger partial charge on any atom is 0.470 e. The minimum absolute atomic E-state index is 0.0354. The molecule has 0 bridgehead atoms. The van der Waals surface area contributed by atoms with Gasteiger partial charge in [0, 0.05) is 123 Å². The number of pyridine rings is 2. The lowest BCUT2D eigenvalue weighted by Gasteiger charge is -2.47. The van der Waals surface area contributed by atoms with E-state index >= 15 is 0 Å². The molecule has 74 heavy (non-hydrogen) atoms. The molecule has 0 unspecified atom stereocenters. The number of phosphoric ester groups is 1. The number of piperidine rings is 1. The Labute approximate surface area is 431 Å². The largest absolute Gasteiger partial charge is 0.470 e. The highest BCUT2D eigenvalue weighted by molar-refractivity contribution is 7.46.